The van der Waals surface area contributed by atoms with Gasteiger partial charge in [-0.25, -0.2) is 5.48 Å². The van der Waals surface area contributed by atoms with E-state index in [-0.39, 0.29) is 12.0 Å². The molecule has 1 aliphatic rings. The third kappa shape index (κ3) is 6.11. The molecule has 3 heteroatoms. The predicted octanol–water partition coefficient (Wildman–Crippen LogP) is 3.34. The summed E-state index contributed by atoms with van der Waals surface area (Å²) in [7, 11) is 0. The van der Waals surface area contributed by atoms with Crippen LogP contribution in [0.1, 0.15) is 71.1 Å². The molecule has 16 heavy (non-hydrogen) atoms. The van der Waals surface area contributed by atoms with Gasteiger partial charge in [0.2, 0.25) is 5.91 Å². The van der Waals surface area contributed by atoms with Gasteiger partial charge in [0.25, 0.3) is 0 Å². The van der Waals surface area contributed by atoms with Crippen molar-refractivity contribution in [1.82, 2.24) is 5.48 Å². The zero-order valence-corrected chi connectivity index (χ0v) is 10.5. The number of carbonyl (C=O) groups is 1. The summed E-state index contributed by atoms with van der Waals surface area (Å²) in [5, 5.41) is 0. The van der Waals surface area contributed by atoms with Gasteiger partial charge < -0.3 is 0 Å². The molecule has 0 spiro atoms. The molecule has 1 fully saturated rings. The Balaban J connectivity index is 1.90. The third-order valence-electron chi connectivity index (χ3n) is 3.15. The molecule has 0 aromatic heterocycles. The van der Waals surface area contributed by atoms with E-state index in [1.165, 1.54) is 32.1 Å². The summed E-state index contributed by atoms with van der Waals surface area (Å²) in [5.41, 5.74) is 2.58. The van der Waals surface area contributed by atoms with E-state index in [1.54, 1.807) is 0 Å². The molecule has 3 nitrogen and oxygen atoms in total. The molecule has 0 radical (unpaired) electrons. The summed E-state index contributed by atoms with van der Waals surface area (Å²) in [4.78, 5) is 16.7. The smallest absolute Gasteiger partial charge is 0.243 e. The fourth-order valence-electron chi connectivity index (χ4n) is 2.10. The van der Waals surface area contributed by atoms with Crippen molar-refractivity contribution in [1.29, 1.82) is 0 Å². The van der Waals surface area contributed by atoms with E-state index in [0.717, 1.165) is 25.7 Å². The lowest BCUT2D eigenvalue weighted by Crippen LogP contribution is -2.27. The Morgan fingerprint density at radius 3 is 2.56 bits per heavy atom. The maximum absolute atomic E-state index is 11.4. The van der Waals surface area contributed by atoms with Gasteiger partial charge in [-0.1, -0.05) is 45.4 Å². The molecule has 94 valence electrons. The first-order valence-electron chi connectivity index (χ1n) is 6.77. The average Bonchev–Trinajstić information content (AvgIpc) is 2.79. The Morgan fingerprint density at radius 2 is 1.88 bits per heavy atom. The Labute approximate surface area is 98.9 Å². The van der Waals surface area contributed by atoms with Crippen LogP contribution >= 0.6 is 0 Å². The lowest BCUT2D eigenvalue weighted by molar-refractivity contribution is -0.138. The lowest BCUT2D eigenvalue weighted by Gasteiger charge is -2.11. The predicted molar refractivity (Wildman–Crippen MR) is 64.9 cm³/mol. The van der Waals surface area contributed by atoms with Crippen molar-refractivity contribution in [2.75, 3.05) is 0 Å². The topological polar surface area (TPSA) is 38.3 Å². The molecule has 0 heterocycles. The number of nitrogens with one attached hydrogen (secondary N) is 1. The Kier molecular flexibility index (Phi) is 7.23. The quantitative estimate of drug-likeness (QED) is 0.510. The highest BCUT2D eigenvalue weighted by Gasteiger charge is 2.16. The lowest BCUT2D eigenvalue weighted by atomic mass is 10.1. The number of carbonyl (C=O) groups excluding carboxylic acids is 1. The molecule has 0 aromatic carbocycles. The molecule has 1 aliphatic carbocycles. The zero-order valence-electron chi connectivity index (χ0n) is 10.5. The van der Waals surface area contributed by atoms with Gasteiger partial charge in [-0.2, -0.15) is 0 Å². The third-order valence-corrected chi connectivity index (χ3v) is 3.15. The van der Waals surface area contributed by atoms with Gasteiger partial charge in [0, 0.05) is 6.42 Å². The van der Waals surface area contributed by atoms with Crippen LogP contribution in [0.15, 0.2) is 0 Å². The molecular weight excluding hydrogens is 202 g/mol. The van der Waals surface area contributed by atoms with Crippen LogP contribution in [0.4, 0.5) is 0 Å². The summed E-state index contributed by atoms with van der Waals surface area (Å²) in [5.74, 6) is 0.0448. The Bertz CT molecular complexity index is 188. The maximum atomic E-state index is 11.4. The zero-order chi connectivity index (χ0) is 11.6. The van der Waals surface area contributed by atoms with Crippen molar-refractivity contribution in [3.05, 3.63) is 0 Å². The molecule has 1 N–H and O–H groups in total. The first kappa shape index (κ1) is 13.5. The minimum absolute atomic E-state index is 0.0448. The Morgan fingerprint density at radius 1 is 1.19 bits per heavy atom. The molecule has 1 amide bonds. The first-order chi connectivity index (χ1) is 7.83. The van der Waals surface area contributed by atoms with Gasteiger partial charge in [0.05, 0.1) is 6.10 Å². The molecule has 0 unspecified atom stereocenters. The van der Waals surface area contributed by atoms with Crippen LogP contribution < -0.4 is 5.48 Å². The Hall–Kier alpha value is -0.570. The van der Waals surface area contributed by atoms with E-state index in [9.17, 15) is 4.79 Å². The van der Waals surface area contributed by atoms with E-state index in [1.807, 2.05) is 0 Å². The first-order valence-corrected chi connectivity index (χ1v) is 6.77. The van der Waals surface area contributed by atoms with Crippen molar-refractivity contribution in [2.24, 2.45) is 0 Å². The van der Waals surface area contributed by atoms with Gasteiger partial charge in [0.1, 0.15) is 0 Å². The summed E-state index contributed by atoms with van der Waals surface area (Å²) in [6.45, 7) is 2.20. The normalized spacial score (nSPS) is 16.6. The maximum Gasteiger partial charge on any atom is 0.243 e. The highest BCUT2D eigenvalue weighted by atomic mass is 16.7. The van der Waals surface area contributed by atoms with Crippen molar-refractivity contribution in [3.63, 3.8) is 0 Å². The molecule has 0 bridgehead atoms. The van der Waals surface area contributed by atoms with Gasteiger partial charge in [-0.05, 0) is 19.3 Å². The van der Waals surface area contributed by atoms with Crippen molar-refractivity contribution < 1.29 is 9.63 Å². The molecule has 0 saturated heterocycles. The second-order valence-electron chi connectivity index (χ2n) is 4.71. The largest absolute Gasteiger partial charge is 0.273 e. The summed E-state index contributed by atoms with van der Waals surface area (Å²) < 4.78 is 0. The van der Waals surface area contributed by atoms with Gasteiger partial charge in [0.15, 0.2) is 0 Å². The average molecular weight is 227 g/mol. The van der Waals surface area contributed by atoms with Crippen LogP contribution in [0, 0.1) is 0 Å². The van der Waals surface area contributed by atoms with Crippen LogP contribution in [0.5, 0.6) is 0 Å². The monoisotopic (exact) mass is 227 g/mol. The number of hydroxylamine groups is 1. The highest BCUT2D eigenvalue weighted by Crippen LogP contribution is 2.19. The van der Waals surface area contributed by atoms with Crippen LogP contribution in [0.3, 0.4) is 0 Å². The molecule has 1 rings (SSSR count). The number of unbranched alkanes of at least 4 members (excludes halogenated alkanes) is 4. The molecule has 0 aromatic rings. The molecule has 0 atom stereocenters. The fourth-order valence-corrected chi connectivity index (χ4v) is 2.10. The van der Waals surface area contributed by atoms with Crippen LogP contribution in [-0.4, -0.2) is 12.0 Å². The highest BCUT2D eigenvalue weighted by molar-refractivity contribution is 5.74. The van der Waals surface area contributed by atoms with E-state index >= 15 is 0 Å². The van der Waals surface area contributed by atoms with Crippen LogP contribution in [-0.2, 0) is 9.63 Å². The number of amides is 1. The number of rotatable bonds is 8. The van der Waals surface area contributed by atoms with E-state index < -0.39 is 0 Å². The summed E-state index contributed by atoms with van der Waals surface area (Å²) >= 11 is 0. The molecular formula is C13H25NO2. The second kappa shape index (κ2) is 8.57. The van der Waals surface area contributed by atoms with Crippen LogP contribution in [0.2, 0.25) is 0 Å². The van der Waals surface area contributed by atoms with Crippen LogP contribution in [0.25, 0.3) is 0 Å². The minimum atomic E-state index is 0.0448. The second-order valence-corrected chi connectivity index (χ2v) is 4.71. The van der Waals surface area contributed by atoms with E-state index in [0.29, 0.717) is 6.42 Å². The van der Waals surface area contributed by atoms with Gasteiger partial charge >= 0.3 is 0 Å². The van der Waals surface area contributed by atoms with E-state index in [4.69, 9.17) is 4.84 Å². The number of hydrogen-bond donors (Lipinski definition) is 1. The number of hydrogen-bond acceptors (Lipinski definition) is 2. The minimum Gasteiger partial charge on any atom is -0.273 e. The summed E-state index contributed by atoms with van der Waals surface area (Å²) in [6.07, 6.45) is 11.4. The van der Waals surface area contributed by atoms with E-state index in [2.05, 4.69) is 12.4 Å². The SMILES string of the molecule is CCCCCCCC(=O)NOC1CCCC1. The molecule has 1 saturated carbocycles. The van der Waals surface area contributed by atoms with Crippen molar-refractivity contribution >= 4 is 5.91 Å². The van der Waals surface area contributed by atoms with Crippen molar-refractivity contribution in [2.45, 2.75) is 77.2 Å². The molecule has 0 aliphatic heterocycles. The van der Waals surface area contributed by atoms with Crippen molar-refractivity contribution in [3.8, 4) is 0 Å². The summed E-state index contributed by atoms with van der Waals surface area (Å²) in [6, 6.07) is 0. The standard InChI is InChI=1S/C13H25NO2/c1-2-3-4-5-6-11-13(15)14-16-12-9-7-8-10-12/h12H,2-11H2,1H3,(H,14,15). The van der Waals surface area contributed by atoms with Gasteiger partial charge in [-0.15, -0.1) is 0 Å². The fraction of sp³-hybridized carbons (Fsp3) is 0.923. The van der Waals surface area contributed by atoms with Gasteiger partial charge in [-0.3, -0.25) is 9.63 Å².